The number of nitrogens with zero attached hydrogens (tertiary/aromatic N) is 1. The van der Waals surface area contributed by atoms with E-state index in [1.165, 1.54) is 0 Å². The molecular weight excluding hydrogens is 174 g/mol. The predicted octanol–water partition coefficient (Wildman–Crippen LogP) is 3.15. The van der Waals surface area contributed by atoms with Crippen molar-refractivity contribution in [3.05, 3.63) is 53.4 Å². The summed E-state index contributed by atoms with van der Waals surface area (Å²) in [4.78, 5) is 0. The Morgan fingerprint density at radius 2 is 1.93 bits per heavy atom. The van der Waals surface area contributed by atoms with Crippen LogP contribution in [0.5, 0.6) is 0 Å². The minimum Gasteiger partial charge on any atom is -0.357 e. The number of aromatic nitrogens is 1. The Morgan fingerprint density at radius 1 is 1.14 bits per heavy atom. The molecule has 0 N–H and O–H groups in total. The molecule has 0 bridgehead atoms. The van der Waals surface area contributed by atoms with Crippen molar-refractivity contribution < 1.29 is 4.52 Å². The highest BCUT2D eigenvalue weighted by molar-refractivity contribution is 5.67. The predicted molar refractivity (Wildman–Crippen MR) is 56.6 cm³/mol. The van der Waals surface area contributed by atoms with E-state index >= 15 is 0 Å². The molecule has 0 amide bonds. The van der Waals surface area contributed by atoms with Crippen LogP contribution >= 0.6 is 0 Å². The van der Waals surface area contributed by atoms with Crippen molar-refractivity contribution >= 4 is 12.2 Å². The molecule has 0 atom stereocenters. The van der Waals surface area contributed by atoms with Crippen LogP contribution in [-0.2, 0) is 0 Å². The molecule has 70 valence electrons. The first-order valence-corrected chi connectivity index (χ1v) is 4.51. The van der Waals surface area contributed by atoms with Crippen molar-refractivity contribution in [1.82, 2.24) is 5.16 Å². The first-order chi connectivity index (χ1) is 6.84. The van der Waals surface area contributed by atoms with Gasteiger partial charge >= 0.3 is 0 Å². The van der Waals surface area contributed by atoms with E-state index in [2.05, 4.69) is 5.16 Å². The molecule has 0 aliphatic heterocycles. The van der Waals surface area contributed by atoms with Gasteiger partial charge in [0.1, 0.15) is 0 Å². The molecule has 2 heteroatoms. The second-order valence-electron chi connectivity index (χ2n) is 3.11. The van der Waals surface area contributed by atoms with E-state index in [1.807, 2.05) is 55.5 Å². The normalized spacial score (nSPS) is 10.9. The molecule has 0 saturated carbocycles. The van der Waals surface area contributed by atoms with Gasteiger partial charge in [-0.05, 0) is 18.6 Å². The molecule has 1 heterocycles. The minimum atomic E-state index is 0.784. The fraction of sp³-hybridized carbons (Fsp3) is 0.0833. The summed E-state index contributed by atoms with van der Waals surface area (Å²) in [6.45, 7) is 1.91. The summed E-state index contributed by atoms with van der Waals surface area (Å²) in [5.41, 5.74) is 2.05. The molecule has 14 heavy (non-hydrogen) atoms. The lowest BCUT2D eigenvalue weighted by atomic mass is 10.2. The largest absolute Gasteiger partial charge is 0.357 e. The molecule has 2 aromatic rings. The van der Waals surface area contributed by atoms with E-state index in [0.717, 1.165) is 17.0 Å². The fourth-order valence-electron chi connectivity index (χ4n) is 1.20. The molecule has 0 spiro atoms. The van der Waals surface area contributed by atoms with Crippen molar-refractivity contribution in [1.29, 1.82) is 0 Å². The summed E-state index contributed by atoms with van der Waals surface area (Å²) in [5, 5.41) is 3.80. The smallest absolute Gasteiger partial charge is 0.159 e. The number of hydrogen-bond acceptors (Lipinski definition) is 2. The average Bonchev–Trinajstić information content (AvgIpc) is 2.63. The summed E-state index contributed by atoms with van der Waals surface area (Å²) in [5.74, 6) is 0.784. The van der Waals surface area contributed by atoms with E-state index in [4.69, 9.17) is 4.52 Å². The zero-order chi connectivity index (χ0) is 9.80. The quantitative estimate of drug-likeness (QED) is 0.718. The standard InChI is InChI=1S/C12H11NO/c1-10-9-12(14-13-10)8-7-11-5-3-2-4-6-11/h2-9H,1H3/b8-7+. The maximum absolute atomic E-state index is 5.05. The highest BCUT2D eigenvalue weighted by atomic mass is 16.5. The second kappa shape index (κ2) is 3.92. The van der Waals surface area contributed by atoms with Crippen molar-refractivity contribution in [2.24, 2.45) is 0 Å². The van der Waals surface area contributed by atoms with Gasteiger partial charge in [0.2, 0.25) is 0 Å². The van der Waals surface area contributed by atoms with Gasteiger partial charge in [-0.25, -0.2) is 0 Å². The summed E-state index contributed by atoms with van der Waals surface area (Å²) < 4.78 is 5.05. The van der Waals surface area contributed by atoms with E-state index in [9.17, 15) is 0 Å². The fourth-order valence-corrected chi connectivity index (χ4v) is 1.20. The van der Waals surface area contributed by atoms with Gasteiger partial charge < -0.3 is 4.52 Å². The Labute approximate surface area is 82.9 Å². The van der Waals surface area contributed by atoms with Crippen LogP contribution in [0, 0.1) is 6.92 Å². The van der Waals surface area contributed by atoms with Crippen LogP contribution in [0.15, 0.2) is 40.9 Å². The van der Waals surface area contributed by atoms with E-state index < -0.39 is 0 Å². The Balaban J connectivity index is 2.15. The highest BCUT2D eigenvalue weighted by Crippen LogP contribution is 2.08. The number of hydrogen-bond donors (Lipinski definition) is 0. The molecule has 0 unspecified atom stereocenters. The lowest BCUT2D eigenvalue weighted by Gasteiger charge is -1.88. The second-order valence-corrected chi connectivity index (χ2v) is 3.11. The van der Waals surface area contributed by atoms with Gasteiger partial charge in [0.25, 0.3) is 0 Å². The number of benzene rings is 1. The van der Waals surface area contributed by atoms with Gasteiger partial charge in [-0.1, -0.05) is 41.6 Å². The molecule has 0 saturated heterocycles. The molecular formula is C12H11NO. The molecule has 1 aromatic heterocycles. The molecule has 0 aliphatic carbocycles. The van der Waals surface area contributed by atoms with Gasteiger partial charge in [0.05, 0.1) is 5.69 Å². The molecule has 2 nitrogen and oxygen atoms in total. The van der Waals surface area contributed by atoms with Gasteiger partial charge in [0.15, 0.2) is 5.76 Å². The Hall–Kier alpha value is -1.83. The lowest BCUT2D eigenvalue weighted by molar-refractivity contribution is 0.408. The molecule has 0 aliphatic rings. The topological polar surface area (TPSA) is 26.0 Å². The third kappa shape index (κ3) is 2.10. The van der Waals surface area contributed by atoms with E-state index in [0.29, 0.717) is 0 Å². The Bertz CT molecular complexity index is 429. The monoisotopic (exact) mass is 185 g/mol. The molecule has 2 rings (SSSR count). The summed E-state index contributed by atoms with van der Waals surface area (Å²) >= 11 is 0. The van der Waals surface area contributed by atoms with Crippen LogP contribution in [0.25, 0.3) is 12.2 Å². The van der Waals surface area contributed by atoms with Crippen molar-refractivity contribution in [2.75, 3.05) is 0 Å². The summed E-state index contributed by atoms with van der Waals surface area (Å²) in [6.07, 6.45) is 3.91. The zero-order valence-corrected chi connectivity index (χ0v) is 7.97. The van der Waals surface area contributed by atoms with Crippen molar-refractivity contribution in [3.63, 3.8) is 0 Å². The SMILES string of the molecule is Cc1cc(/C=C/c2ccccc2)on1. The van der Waals surface area contributed by atoms with Crippen LogP contribution < -0.4 is 0 Å². The van der Waals surface area contributed by atoms with Crippen molar-refractivity contribution in [3.8, 4) is 0 Å². The Morgan fingerprint density at radius 3 is 2.57 bits per heavy atom. The van der Waals surface area contributed by atoms with Gasteiger partial charge in [-0.15, -0.1) is 0 Å². The summed E-state index contributed by atoms with van der Waals surface area (Å²) in [6, 6.07) is 12.0. The molecule has 1 aromatic carbocycles. The molecule has 0 fully saturated rings. The van der Waals surface area contributed by atoms with Gasteiger partial charge in [0, 0.05) is 6.07 Å². The first kappa shape index (κ1) is 8.75. The highest BCUT2D eigenvalue weighted by Gasteiger charge is 1.94. The van der Waals surface area contributed by atoms with E-state index in [-0.39, 0.29) is 0 Å². The lowest BCUT2D eigenvalue weighted by Crippen LogP contribution is -1.68. The average molecular weight is 185 g/mol. The minimum absolute atomic E-state index is 0.784. The maximum atomic E-state index is 5.05. The van der Waals surface area contributed by atoms with Crippen LogP contribution in [0.3, 0.4) is 0 Å². The van der Waals surface area contributed by atoms with Crippen LogP contribution in [0.4, 0.5) is 0 Å². The summed E-state index contributed by atoms with van der Waals surface area (Å²) in [7, 11) is 0. The van der Waals surface area contributed by atoms with E-state index in [1.54, 1.807) is 0 Å². The molecule has 0 radical (unpaired) electrons. The number of aryl methyl sites for hydroxylation is 1. The zero-order valence-electron chi connectivity index (χ0n) is 7.97. The van der Waals surface area contributed by atoms with Crippen LogP contribution in [0.2, 0.25) is 0 Å². The van der Waals surface area contributed by atoms with Crippen molar-refractivity contribution in [2.45, 2.75) is 6.92 Å². The third-order valence-corrected chi connectivity index (χ3v) is 1.89. The Kier molecular flexibility index (Phi) is 2.45. The van der Waals surface area contributed by atoms with Gasteiger partial charge in [-0.2, -0.15) is 0 Å². The van der Waals surface area contributed by atoms with Gasteiger partial charge in [-0.3, -0.25) is 0 Å². The third-order valence-electron chi connectivity index (χ3n) is 1.89. The van der Waals surface area contributed by atoms with Crippen LogP contribution in [-0.4, -0.2) is 5.16 Å². The maximum Gasteiger partial charge on any atom is 0.159 e. The van der Waals surface area contributed by atoms with Crippen LogP contribution in [0.1, 0.15) is 17.0 Å². The number of rotatable bonds is 2. The first-order valence-electron chi connectivity index (χ1n) is 4.51.